The summed E-state index contributed by atoms with van der Waals surface area (Å²) in [7, 11) is 0. The van der Waals surface area contributed by atoms with Crippen molar-refractivity contribution in [3.8, 4) is 5.69 Å². The lowest BCUT2D eigenvalue weighted by Gasteiger charge is -2.26. The van der Waals surface area contributed by atoms with Crippen molar-refractivity contribution in [1.29, 1.82) is 0 Å². The first-order chi connectivity index (χ1) is 10.2. The van der Waals surface area contributed by atoms with Gasteiger partial charge in [0.1, 0.15) is 12.2 Å². The fourth-order valence-corrected chi connectivity index (χ4v) is 3.38. The van der Waals surface area contributed by atoms with Crippen LogP contribution in [-0.4, -0.2) is 25.8 Å². The molecular weight excluding hydrogens is 266 g/mol. The third kappa shape index (κ3) is 2.96. The van der Waals surface area contributed by atoms with Crippen LogP contribution in [0, 0.1) is 5.41 Å². The molecule has 0 saturated heterocycles. The van der Waals surface area contributed by atoms with Gasteiger partial charge in [-0.15, -0.1) is 10.2 Å². The van der Waals surface area contributed by atoms with E-state index >= 15 is 0 Å². The molecule has 5 heteroatoms. The van der Waals surface area contributed by atoms with Gasteiger partial charge < -0.3 is 5.11 Å². The molecule has 0 atom stereocenters. The molecule has 5 nitrogen and oxygen atoms in total. The normalized spacial score (nSPS) is 17.0. The van der Waals surface area contributed by atoms with Gasteiger partial charge in [-0.2, -0.15) is 0 Å². The van der Waals surface area contributed by atoms with E-state index in [9.17, 15) is 9.90 Å². The van der Waals surface area contributed by atoms with Crippen LogP contribution in [0.4, 0.5) is 0 Å². The van der Waals surface area contributed by atoms with E-state index in [0.717, 1.165) is 37.2 Å². The number of para-hydroxylation sites is 1. The van der Waals surface area contributed by atoms with Crippen LogP contribution in [0.3, 0.4) is 0 Å². The summed E-state index contributed by atoms with van der Waals surface area (Å²) in [5.74, 6) is 0.132. The number of nitrogens with zero attached hydrogens (tertiary/aromatic N) is 3. The largest absolute Gasteiger partial charge is 0.481 e. The number of benzene rings is 1. The van der Waals surface area contributed by atoms with Gasteiger partial charge in [0.2, 0.25) is 0 Å². The molecule has 2 aromatic rings. The number of rotatable bonds is 5. The zero-order chi connectivity index (χ0) is 14.7. The second-order valence-corrected chi connectivity index (χ2v) is 5.91. The average molecular weight is 285 g/mol. The van der Waals surface area contributed by atoms with Gasteiger partial charge in [-0.3, -0.25) is 9.36 Å². The first-order valence-corrected chi connectivity index (χ1v) is 7.35. The molecule has 0 amide bonds. The summed E-state index contributed by atoms with van der Waals surface area (Å²) in [4.78, 5) is 11.2. The fourth-order valence-electron chi connectivity index (χ4n) is 3.38. The van der Waals surface area contributed by atoms with E-state index in [2.05, 4.69) is 10.2 Å². The molecule has 1 aliphatic carbocycles. The number of aromatic nitrogens is 3. The van der Waals surface area contributed by atoms with Crippen LogP contribution >= 0.6 is 0 Å². The summed E-state index contributed by atoms with van der Waals surface area (Å²) < 4.78 is 1.96. The lowest BCUT2D eigenvalue weighted by atomic mass is 9.79. The minimum atomic E-state index is -0.720. The zero-order valence-electron chi connectivity index (χ0n) is 11.9. The monoisotopic (exact) mass is 285 g/mol. The van der Waals surface area contributed by atoms with Gasteiger partial charge >= 0.3 is 5.97 Å². The third-order valence-corrected chi connectivity index (χ3v) is 4.38. The van der Waals surface area contributed by atoms with Crippen molar-refractivity contribution in [1.82, 2.24) is 14.8 Å². The van der Waals surface area contributed by atoms with Gasteiger partial charge in [0.15, 0.2) is 0 Å². The van der Waals surface area contributed by atoms with Gasteiger partial charge in [0.25, 0.3) is 0 Å². The van der Waals surface area contributed by atoms with E-state index in [4.69, 9.17) is 0 Å². The van der Waals surface area contributed by atoms with E-state index in [1.807, 2.05) is 34.9 Å². The summed E-state index contributed by atoms with van der Waals surface area (Å²) in [5.41, 5.74) is 0.853. The molecule has 0 bridgehead atoms. The standard InChI is InChI=1S/C16H19N3O2/c20-15(21)11-16(8-4-5-9-16)10-14-18-17-12-19(14)13-6-2-1-3-7-13/h1-3,6-7,12H,4-5,8-11H2,(H,20,21). The lowest BCUT2D eigenvalue weighted by Crippen LogP contribution is -2.25. The fraction of sp³-hybridized carbons (Fsp3) is 0.438. The van der Waals surface area contributed by atoms with Crippen LogP contribution < -0.4 is 0 Å². The molecule has 1 N–H and O–H groups in total. The smallest absolute Gasteiger partial charge is 0.303 e. The average Bonchev–Trinajstić information content (AvgIpc) is 3.09. The molecule has 110 valence electrons. The summed E-state index contributed by atoms with van der Waals surface area (Å²) >= 11 is 0. The van der Waals surface area contributed by atoms with E-state index in [0.29, 0.717) is 6.42 Å². The molecule has 1 aliphatic rings. The van der Waals surface area contributed by atoms with Crippen LogP contribution in [0.1, 0.15) is 37.9 Å². The summed E-state index contributed by atoms with van der Waals surface area (Å²) in [6.07, 6.45) is 6.72. The van der Waals surface area contributed by atoms with Gasteiger partial charge in [-0.1, -0.05) is 31.0 Å². The van der Waals surface area contributed by atoms with Crippen molar-refractivity contribution in [3.63, 3.8) is 0 Å². The second-order valence-electron chi connectivity index (χ2n) is 5.91. The Balaban J connectivity index is 1.88. The first-order valence-electron chi connectivity index (χ1n) is 7.35. The van der Waals surface area contributed by atoms with Gasteiger partial charge in [-0.25, -0.2) is 0 Å². The summed E-state index contributed by atoms with van der Waals surface area (Å²) in [6.45, 7) is 0. The molecule has 3 rings (SSSR count). The molecule has 21 heavy (non-hydrogen) atoms. The van der Waals surface area contributed by atoms with E-state index < -0.39 is 5.97 Å². The molecule has 0 aliphatic heterocycles. The number of aliphatic carboxylic acids is 1. The highest BCUT2D eigenvalue weighted by atomic mass is 16.4. The van der Waals surface area contributed by atoms with E-state index in [1.165, 1.54) is 0 Å². The Morgan fingerprint density at radius 3 is 2.62 bits per heavy atom. The summed E-state index contributed by atoms with van der Waals surface area (Å²) in [6, 6.07) is 9.93. The zero-order valence-corrected chi connectivity index (χ0v) is 11.9. The first kappa shape index (κ1) is 13.8. The topological polar surface area (TPSA) is 68.0 Å². The minimum Gasteiger partial charge on any atom is -0.481 e. The Hall–Kier alpha value is -2.17. The third-order valence-electron chi connectivity index (χ3n) is 4.38. The van der Waals surface area contributed by atoms with Crippen molar-refractivity contribution in [2.75, 3.05) is 0 Å². The van der Waals surface area contributed by atoms with Crippen LogP contribution in [0.15, 0.2) is 36.7 Å². The highest BCUT2D eigenvalue weighted by Crippen LogP contribution is 2.43. The molecule has 0 radical (unpaired) electrons. The maximum atomic E-state index is 11.2. The molecule has 1 saturated carbocycles. The van der Waals surface area contributed by atoms with E-state index in [1.54, 1.807) is 6.33 Å². The molecule has 1 aromatic heterocycles. The maximum absolute atomic E-state index is 11.2. The highest BCUT2D eigenvalue weighted by molar-refractivity contribution is 5.67. The van der Waals surface area contributed by atoms with Gasteiger partial charge in [0, 0.05) is 12.1 Å². The molecule has 1 heterocycles. The molecule has 0 spiro atoms. The predicted octanol–water partition coefficient (Wildman–Crippen LogP) is 2.84. The van der Waals surface area contributed by atoms with Crippen molar-refractivity contribution in [2.24, 2.45) is 5.41 Å². The quantitative estimate of drug-likeness (QED) is 0.917. The maximum Gasteiger partial charge on any atom is 0.303 e. The van der Waals surface area contributed by atoms with Crippen LogP contribution in [0.5, 0.6) is 0 Å². The van der Waals surface area contributed by atoms with Gasteiger partial charge in [0.05, 0.1) is 6.42 Å². The van der Waals surface area contributed by atoms with Crippen molar-refractivity contribution >= 4 is 5.97 Å². The van der Waals surface area contributed by atoms with E-state index in [-0.39, 0.29) is 11.8 Å². The molecule has 0 unspecified atom stereocenters. The SMILES string of the molecule is O=C(O)CC1(Cc2nncn2-c2ccccc2)CCCC1. The Morgan fingerprint density at radius 2 is 1.95 bits per heavy atom. The Labute approximate surface area is 123 Å². The number of hydrogen-bond acceptors (Lipinski definition) is 3. The van der Waals surface area contributed by atoms with Crippen molar-refractivity contribution in [2.45, 2.75) is 38.5 Å². The highest BCUT2D eigenvalue weighted by Gasteiger charge is 2.37. The molecule has 1 aromatic carbocycles. The number of hydrogen-bond donors (Lipinski definition) is 1. The van der Waals surface area contributed by atoms with Crippen LogP contribution in [-0.2, 0) is 11.2 Å². The Kier molecular flexibility index (Phi) is 3.73. The van der Waals surface area contributed by atoms with Crippen LogP contribution in [0.2, 0.25) is 0 Å². The Morgan fingerprint density at radius 1 is 1.24 bits per heavy atom. The number of carbonyl (C=O) groups is 1. The van der Waals surface area contributed by atoms with Gasteiger partial charge in [-0.05, 0) is 30.4 Å². The molecular formula is C16H19N3O2. The predicted molar refractivity (Wildman–Crippen MR) is 78.2 cm³/mol. The molecule has 1 fully saturated rings. The minimum absolute atomic E-state index is 0.161. The Bertz CT molecular complexity index is 615. The van der Waals surface area contributed by atoms with Crippen LogP contribution in [0.25, 0.3) is 5.69 Å². The van der Waals surface area contributed by atoms with Crippen molar-refractivity contribution in [3.05, 3.63) is 42.5 Å². The van der Waals surface area contributed by atoms with Crippen molar-refractivity contribution < 1.29 is 9.90 Å². The summed E-state index contributed by atoms with van der Waals surface area (Å²) in [5, 5.41) is 17.5. The second kappa shape index (κ2) is 5.68. The lowest BCUT2D eigenvalue weighted by molar-refractivity contribution is -0.139. The number of carboxylic acids is 1. The number of carboxylic acid groups (broad SMARTS) is 1.